The molecule has 2 aromatic rings. The third kappa shape index (κ3) is 3.24. The lowest BCUT2D eigenvalue weighted by Crippen LogP contribution is -1.91. The van der Waals surface area contributed by atoms with Crippen LogP contribution in [0.4, 0.5) is 0 Å². The second-order valence-corrected chi connectivity index (χ2v) is 6.26. The first kappa shape index (κ1) is 15.5. The lowest BCUT2D eigenvalue weighted by atomic mass is 10.2. The van der Waals surface area contributed by atoms with Crippen molar-refractivity contribution in [2.75, 3.05) is 6.26 Å². The summed E-state index contributed by atoms with van der Waals surface area (Å²) in [6.45, 7) is 0. The van der Waals surface area contributed by atoms with E-state index in [2.05, 4.69) is 22.0 Å². The highest BCUT2D eigenvalue weighted by Crippen LogP contribution is 2.38. The standard InChI is InChI=1S/C14H8BrCl2NOS/c1-20-14-4-2-3-12(8(14)7-18)19-13-6-10(16)9(15)5-11(13)17/h2-6H,1H3. The number of benzene rings is 2. The predicted octanol–water partition coefficient (Wildman–Crippen LogP) is 6.14. The van der Waals surface area contributed by atoms with Crippen LogP contribution in [0, 0.1) is 11.3 Å². The van der Waals surface area contributed by atoms with Crippen LogP contribution in [0.15, 0.2) is 39.7 Å². The van der Waals surface area contributed by atoms with Gasteiger partial charge in [-0.2, -0.15) is 5.26 Å². The molecule has 0 spiro atoms. The normalized spacial score (nSPS) is 10.2. The van der Waals surface area contributed by atoms with Crippen LogP contribution in [0.3, 0.4) is 0 Å². The van der Waals surface area contributed by atoms with E-state index >= 15 is 0 Å². The Bertz CT molecular complexity index is 700. The van der Waals surface area contributed by atoms with E-state index in [1.165, 1.54) is 11.8 Å². The minimum Gasteiger partial charge on any atom is -0.454 e. The van der Waals surface area contributed by atoms with Crippen molar-refractivity contribution in [2.45, 2.75) is 4.90 Å². The molecule has 0 amide bonds. The Hall–Kier alpha value is -0.860. The SMILES string of the molecule is CSc1cccc(Oc2cc(Cl)c(Br)cc2Cl)c1C#N. The third-order valence-electron chi connectivity index (χ3n) is 2.51. The molecule has 2 rings (SSSR count). The Kier molecular flexibility index (Phi) is 5.22. The van der Waals surface area contributed by atoms with E-state index in [-0.39, 0.29) is 0 Å². The second-order valence-electron chi connectivity index (χ2n) is 3.74. The maximum absolute atomic E-state index is 9.27. The summed E-state index contributed by atoms with van der Waals surface area (Å²) in [5, 5.41) is 10.2. The van der Waals surface area contributed by atoms with Crippen molar-refractivity contribution in [1.82, 2.24) is 0 Å². The number of hydrogen-bond donors (Lipinski definition) is 0. The highest BCUT2D eigenvalue weighted by molar-refractivity contribution is 9.10. The molecule has 0 unspecified atom stereocenters. The van der Waals surface area contributed by atoms with Gasteiger partial charge in [-0.25, -0.2) is 0 Å². The first-order valence-electron chi connectivity index (χ1n) is 5.46. The second kappa shape index (κ2) is 6.73. The number of nitriles is 1. The van der Waals surface area contributed by atoms with Gasteiger partial charge >= 0.3 is 0 Å². The Morgan fingerprint density at radius 1 is 1.20 bits per heavy atom. The molecule has 0 heterocycles. The van der Waals surface area contributed by atoms with Gasteiger partial charge in [-0.1, -0.05) is 29.3 Å². The summed E-state index contributed by atoms with van der Waals surface area (Å²) in [5.74, 6) is 0.870. The van der Waals surface area contributed by atoms with E-state index in [1.807, 2.05) is 18.4 Å². The van der Waals surface area contributed by atoms with Crippen LogP contribution in [0.25, 0.3) is 0 Å². The van der Waals surface area contributed by atoms with Crippen molar-refractivity contribution in [1.29, 1.82) is 5.26 Å². The highest BCUT2D eigenvalue weighted by Gasteiger charge is 2.13. The van der Waals surface area contributed by atoms with E-state index in [0.29, 0.717) is 31.6 Å². The van der Waals surface area contributed by atoms with Gasteiger partial charge in [-0.15, -0.1) is 11.8 Å². The Labute approximate surface area is 139 Å². The molecule has 0 fully saturated rings. The van der Waals surface area contributed by atoms with E-state index in [1.54, 1.807) is 18.2 Å². The van der Waals surface area contributed by atoms with Crippen LogP contribution in [-0.4, -0.2) is 6.26 Å². The summed E-state index contributed by atoms with van der Waals surface area (Å²) in [6, 6.07) is 10.8. The maximum Gasteiger partial charge on any atom is 0.147 e. The fourth-order valence-electron chi connectivity index (χ4n) is 1.58. The molecule has 2 aromatic carbocycles. The quantitative estimate of drug-likeness (QED) is 0.467. The van der Waals surface area contributed by atoms with Gasteiger partial charge in [-0.3, -0.25) is 0 Å². The molecule has 102 valence electrons. The van der Waals surface area contributed by atoms with Gasteiger partial charge in [0.1, 0.15) is 23.1 Å². The summed E-state index contributed by atoms with van der Waals surface area (Å²) in [5.41, 5.74) is 0.482. The van der Waals surface area contributed by atoms with Gasteiger partial charge in [0, 0.05) is 15.4 Å². The van der Waals surface area contributed by atoms with Gasteiger partial charge in [0.05, 0.1) is 10.0 Å². The summed E-state index contributed by atoms with van der Waals surface area (Å²) >= 11 is 16.9. The minimum absolute atomic E-state index is 0.412. The molecule has 6 heteroatoms. The minimum atomic E-state index is 0.412. The summed E-state index contributed by atoms with van der Waals surface area (Å²) in [4.78, 5) is 0.851. The molecule has 0 saturated heterocycles. The van der Waals surface area contributed by atoms with Crippen LogP contribution < -0.4 is 4.74 Å². The number of ether oxygens (including phenoxy) is 1. The highest BCUT2D eigenvalue weighted by atomic mass is 79.9. The van der Waals surface area contributed by atoms with Gasteiger partial charge < -0.3 is 4.74 Å². The smallest absolute Gasteiger partial charge is 0.147 e. The van der Waals surface area contributed by atoms with Gasteiger partial charge in [-0.05, 0) is 40.4 Å². The molecule has 2 nitrogen and oxygen atoms in total. The summed E-state index contributed by atoms with van der Waals surface area (Å²) in [7, 11) is 0. The molecule has 0 saturated carbocycles. The van der Waals surface area contributed by atoms with Crippen molar-refractivity contribution >= 4 is 50.9 Å². The van der Waals surface area contributed by atoms with Gasteiger partial charge in [0.25, 0.3) is 0 Å². The molecule has 0 aliphatic carbocycles. The average molecular weight is 389 g/mol. The van der Waals surface area contributed by atoms with E-state index in [9.17, 15) is 5.26 Å². The number of hydrogen-bond acceptors (Lipinski definition) is 3. The first-order valence-corrected chi connectivity index (χ1v) is 8.23. The molecule has 0 aromatic heterocycles. The van der Waals surface area contributed by atoms with Crippen LogP contribution in [0.1, 0.15) is 5.56 Å². The number of thioether (sulfide) groups is 1. The Morgan fingerprint density at radius 3 is 2.60 bits per heavy atom. The van der Waals surface area contributed by atoms with E-state index in [0.717, 1.165) is 4.90 Å². The molecule has 0 aliphatic rings. The molecule has 20 heavy (non-hydrogen) atoms. The van der Waals surface area contributed by atoms with Gasteiger partial charge in [0.15, 0.2) is 0 Å². The summed E-state index contributed by atoms with van der Waals surface area (Å²) < 4.78 is 6.43. The molecule has 0 radical (unpaired) electrons. The molecule has 0 bridgehead atoms. The Balaban J connectivity index is 2.46. The molecular weight excluding hydrogens is 381 g/mol. The molecule has 0 aliphatic heterocycles. The van der Waals surface area contributed by atoms with Crippen molar-refractivity contribution in [3.8, 4) is 17.6 Å². The van der Waals surface area contributed by atoms with Gasteiger partial charge in [0.2, 0.25) is 0 Å². The lowest BCUT2D eigenvalue weighted by Gasteiger charge is -2.11. The predicted molar refractivity (Wildman–Crippen MR) is 87.2 cm³/mol. The van der Waals surface area contributed by atoms with Crippen molar-refractivity contribution in [3.63, 3.8) is 0 Å². The van der Waals surface area contributed by atoms with Crippen molar-refractivity contribution in [3.05, 3.63) is 50.4 Å². The largest absolute Gasteiger partial charge is 0.454 e. The van der Waals surface area contributed by atoms with Crippen LogP contribution in [0.5, 0.6) is 11.5 Å². The monoisotopic (exact) mass is 387 g/mol. The van der Waals surface area contributed by atoms with Crippen molar-refractivity contribution in [2.24, 2.45) is 0 Å². The number of halogens is 3. The average Bonchev–Trinajstić information content (AvgIpc) is 2.44. The molecular formula is C14H8BrCl2NOS. The molecule has 0 N–H and O–H groups in total. The fourth-order valence-corrected chi connectivity index (χ4v) is 2.97. The third-order valence-corrected chi connectivity index (χ3v) is 4.79. The number of rotatable bonds is 3. The van der Waals surface area contributed by atoms with Crippen LogP contribution >= 0.6 is 50.9 Å². The van der Waals surface area contributed by atoms with E-state index < -0.39 is 0 Å². The van der Waals surface area contributed by atoms with Crippen molar-refractivity contribution < 1.29 is 4.74 Å². The van der Waals surface area contributed by atoms with E-state index in [4.69, 9.17) is 27.9 Å². The zero-order chi connectivity index (χ0) is 14.7. The zero-order valence-electron chi connectivity index (χ0n) is 10.3. The Morgan fingerprint density at radius 2 is 1.95 bits per heavy atom. The van der Waals surface area contributed by atoms with Crippen LogP contribution in [-0.2, 0) is 0 Å². The lowest BCUT2D eigenvalue weighted by molar-refractivity contribution is 0.480. The van der Waals surface area contributed by atoms with Crippen LogP contribution in [0.2, 0.25) is 10.0 Å². The maximum atomic E-state index is 9.27. The molecule has 0 atom stereocenters. The zero-order valence-corrected chi connectivity index (χ0v) is 14.2. The number of nitrogens with zero attached hydrogens (tertiary/aromatic N) is 1. The first-order chi connectivity index (χ1) is 9.56. The fraction of sp³-hybridized carbons (Fsp3) is 0.0714. The summed E-state index contributed by atoms with van der Waals surface area (Å²) in [6.07, 6.45) is 1.91. The topological polar surface area (TPSA) is 33.0 Å².